The molecule has 0 aromatic rings. The van der Waals surface area contributed by atoms with Crippen molar-refractivity contribution >= 4 is 0 Å². The van der Waals surface area contributed by atoms with Gasteiger partial charge in [0.05, 0.1) is 12.2 Å². The van der Waals surface area contributed by atoms with Gasteiger partial charge in [0.25, 0.3) is 0 Å². The molecule has 0 amide bonds. The third-order valence-corrected chi connectivity index (χ3v) is 2.48. The molecular formula is C8H14O2. The summed E-state index contributed by atoms with van der Waals surface area (Å²) in [5, 5.41) is 0. The molecule has 0 spiro atoms. The van der Waals surface area contributed by atoms with E-state index < -0.39 is 0 Å². The minimum absolute atomic E-state index is 0.234. The third kappa shape index (κ3) is 0.867. The number of fused-ring (bicyclic) bond motifs is 2. The molecule has 2 rings (SSSR count). The normalized spacial score (nSPS) is 53.4. The minimum Gasteiger partial charge on any atom is -0.345 e. The van der Waals surface area contributed by atoms with Crippen molar-refractivity contribution in [3.05, 3.63) is 0 Å². The molecular weight excluding hydrogens is 128 g/mol. The highest BCUT2D eigenvalue weighted by Gasteiger charge is 2.44. The van der Waals surface area contributed by atoms with E-state index in [1.807, 2.05) is 6.92 Å². The van der Waals surface area contributed by atoms with Crippen LogP contribution in [0.2, 0.25) is 0 Å². The van der Waals surface area contributed by atoms with Gasteiger partial charge < -0.3 is 9.47 Å². The predicted octanol–water partition coefficient (Wildman–Crippen LogP) is 1.69. The Balaban J connectivity index is 2.16. The van der Waals surface area contributed by atoms with Gasteiger partial charge in [0.15, 0.2) is 5.79 Å². The molecule has 0 aliphatic carbocycles. The van der Waals surface area contributed by atoms with Crippen LogP contribution in [0, 0.1) is 0 Å². The number of hydrogen-bond acceptors (Lipinski definition) is 2. The number of rotatable bonds is 0. The Bertz CT molecular complexity index is 142. The molecule has 2 heterocycles. The Morgan fingerprint density at radius 3 is 2.80 bits per heavy atom. The van der Waals surface area contributed by atoms with E-state index in [0.29, 0.717) is 12.2 Å². The number of hydrogen-bond donors (Lipinski definition) is 0. The molecule has 2 aliphatic rings. The summed E-state index contributed by atoms with van der Waals surface area (Å²) < 4.78 is 11.3. The zero-order chi connectivity index (χ0) is 7.19. The lowest BCUT2D eigenvalue weighted by Gasteiger charge is -2.26. The highest BCUT2D eigenvalue weighted by Crippen LogP contribution is 2.39. The molecule has 3 atom stereocenters. The predicted molar refractivity (Wildman–Crippen MR) is 37.7 cm³/mol. The standard InChI is InChI=1S/C8H14O2/c1-6-7-4-3-5-8(2,9-6)10-7/h6-7H,3-5H2,1-2H3/t6-,7-,8+/m1/s1. The summed E-state index contributed by atoms with van der Waals surface area (Å²) in [6.45, 7) is 4.14. The molecule has 0 N–H and O–H groups in total. The van der Waals surface area contributed by atoms with E-state index >= 15 is 0 Å². The second-order valence-corrected chi connectivity index (χ2v) is 3.51. The second-order valence-electron chi connectivity index (χ2n) is 3.51. The quantitative estimate of drug-likeness (QED) is 0.512. The summed E-state index contributed by atoms with van der Waals surface area (Å²) in [5.41, 5.74) is 0. The van der Waals surface area contributed by atoms with E-state index in [9.17, 15) is 0 Å². The summed E-state index contributed by atoms with van der Waals surface area (Å²) in [6.07, 6.45) is 4.18. The van der Waals surface area contributed by atoms with Crippen LogP contribution in [0.1, 0.15) is 33.1 Å². The van der Waals surface area contributed by atoms with Gasteiger partial charge in [-0.15, -0.1) is 0 Å². The molecule has 0 saturated carbocycles. The molecule has 0 unspecified atom stereocenters. The van der Waals surface area contributed by atoms with Crippen molar-refractivity contribution in [3.63, 3.8) is 0 Å². The molecule has 2 nitrogen and oxygen atoms in total. The molecule has 0 aromatic carbocycles. The average Bonchev–Trinajstić information content (AvgIpc) is 2.03. The minimum atomic E-state index is -0.234. The maximum Gasteiger partial charge on any atom is 0.166 e. The van der Waals surface area contributed by atoms with Crippen molar-refractivity contribution in [2.45, 2.75) is 51.1 Å². The first-order chi connectivity index (χ1) is 4.70. The SMILES string of the molecule is C[C@H]1O[C@]2(C)CCC[C@H]1O2. The molecule has 0 radical (unpaired) electrons. The smallest absolute Gasteiger partial charge is 0.166 e. The largest absolute Gasteiger partial charge is 0.345 e. The average molecular weight is 142 g/mol. The van der Waals surface area contributed by atoms with E-state index in [1.165, 1.54) is 12.8 Å². The molecule has 0 aromatic heterocycles. The van der Waals surface area contributed by atoms with Crippen molar-refractivity contribution in [1.82, 2.24) is 0 Å². The van der Waals surface area contributed by atoms with Crippen LogP contribution in [-0.2, 0) is 9.47 Å². The van der Waals surface area contributed by atoms with Crippen LogP contribution < -0.4 is 0 Å². The van der Waals surface area contributed by atoms with E-state index in [0.717, 1.165) is 6.42 Å². The first-order valence-electron chi connectivity index (χ1n) is 4.05. The highest BCUT2D eigenvalue weighted by atomic mass is 16.8. The van der Waals surface area contributed by atoms with E-state index in [4.69, 9.17) is 9.47 Å². The molecule has 10 heavy (non-hydrogen) atoms. The second kappa shape index (κ2) is 1.95. The van der Waals surface area contributed by atoms with Crippen LogP contribution in [0.4, 0.5) is 0 Å². The molecule has 2 heteroatoms. The summed E-state index contributed by atoms with van der Waals surface area (Å²) in [4.78, 5) is 0. The Kier molecular flexibility index (Phi) is 1.29. The van der Waals surface area contributed by atoms with Crippen LogP contribution in [-0.4, -0.2) is 18.0 Å². The number of ether oxygens (including phenoxy) is 2. The third-order valence-electron chi connectivity index (χ3n) is 2.48. The van der Waals surface area contributed by atoms with Gasteiger partial charge in [-0.05, 0) is 26.7 Å². The monoisotopic (exact) mass is 142 g/mol. The van der Waals surface area contributed by atoms with Crippen molar-refractivity contribution in [1.29, 1.82) is 0 Å². The Hall–Kier alpha value is -0.0800. The summed E-state index contributed by atoms with van der Waals surface area (Å²) >= 11 is 0. The van der Waals surface area contributed by atoms with Crippen molar-refractivity contribution in [3.8, 4) is 0 Å². The topological polar surface area (TPSA) is 18.5 Å². The fourth-order valence-corrected chi connectivity index (χ4v) is 1.95. The summed E-state index contributed by atoms with van der Waals surface area (Å²) in [5.74, 6) is -0.234. The summed E-state index contributed by atoms with van der Waals surface area (Å²) in [7, 11) is 0. The van der Waals surface area contributed by atoms with E-state index in [1.54, 1.807) is 0 Å². The van der Waals surface area contributed by atoms with Gasteiger partial charge in [-0.3, -0.25) is 0 Å². The zero-order valence-corrected chi connectivity index (χ0v) is 6.59. The van der Waals surface area contributed by atoms with Gasteiger partial charge in [-0.1, -0.05) is 0 Å². The Morgan fingerprint density at radius 2 is 2.20 bits per heavy atom. The molecule has 2 aliphatic heterocycles. The van der Waals surface area contributed by atoms with E-state index in [2.05, 4.69) is 6.92 Å². The highest BCUT2D eigenvalue weighted by molar-refractivity contribution is 4.85. The maximum atomic E-state index is 5.67. The van der Waals surface area contributed by atoms with Gasteiger partial charge in [0.1, 0.15) is 0 Å². The van der Waals surface area contributed by atoms with Crippen LogP contribution in [0.15, 0.2) is 0 Å². The molecule has 58 valence electrons. The Labute approximate surface area is 61.5 Å². The molecule has 2 fully saturated rings. The summed E-state index contributed by atoms with van der Waals surface area (Å²) in [6, 6.07) is 0. The van der Waals surface area contributed by atoms with Gasteiger partial charge in [-0.25, -0.2) is 0 Å². The lowest BCUT2D eigenvalue weighted by Crippen LogP contribution is -2.30. The van der Waals surface area contributed by atoms with Gasteiger partial charge in [0.2, 0.25) is 0 Å². The van der Waals surface area contributed by atoms with Crippen LogP contribution in [0.3, 0.4) is 0 Å². The lowest BCUT2D eigenvalue weighted by atomic mass is 10.0. The fourth-order valence-electron chi connectivity index (χ4n) is 1.95. The van der Waals surface area contributed by atoms with E-state index in [-0.39, 0.29) is 5.79 Å². The lowest BCUT2D eigenvalue weighted by molar-refractivity contribution is -0.178. The van der Waals surface area contributed by atoms with Gasteiger partial charge in [-0.2, -0.15) is 0 Å². The van der Waals surface area contributed by atoms with Crippen LogP contribution in [0.5, 0.6) is 0 Å². The van der Waals surface area contributed by atoms with Crippen molar-refractivity contribution in [2.75, 3.05) is 0 Å². The van der Waals surface area contributed by atoms with Gasteiger partial charge >= 0.3 is 0 Å². The first kappa shape index (κ1) is 6.62. The fraction of sp³-hybridized carbons (Fsp3) is 1.00. The molecule has 2 saturated heterocycles. The van der Waals surface area contributed by atoms with Crippen LogP contribution in [0.25, 0.3) is 0 Å². The van der Waals surface area contributed by atoms with Gasteiger partial charge in [0, 0.05) is 6.42 Å². The van der Waals surface area contributed by atoms with Crippen LogP contribution >= 0.6 is 0 Å². The zero-order valence-electron chi connectivity index (χ0n) is 6.59. The maximum absolute atomic E-state index is 5.67. The Morgan fingerprint density at radius 1 is 1.40 bits per heavy atom. The molecule has 2 bridgehead atoms. The first-order valence-corrected chi connectivity index (χ1v) is 4.05. The van der Waals surface area contributed by atoms with Crippen molar-refractivity contribution < 1.29 is 9.47 Å². The van der Waals surface area contributed by atoms with Crippen molar-refractivity contribution in [2.24, 2.45) is 0 Å².